The maximum absolute atomic E-state index is 10.8. The fourth-order valence-electron chi connectivity index (χ4n) is 1.36. The van der Waals surface area contributed by atoms with Gasteiger partial charge in [-0.05, 0) is 16.5 Å². The van der Waals surface area contributed by atoms with Crippen LogP contribution in [0.2, 0.25) is 0 Å². The molecule has 2 N–H and O–H groups in total. The van der Waals surface area contributed by atoms with E-state index in [4.69, 9.17) is 0 Å². The molecule has 1 heterocycles. The van der Waals surface area contributed by atoms with Gasteiger partial charge in [-0.2, -0.15) is 0 Å². The molecule has 7 heteroatoms. The van der Waals surface area contributed by atoms with E-state index in [1.54, 1.807) is 18.5 Å². The molecule has 1 rings (SSSR count). The van der Waals surface area contributed by atoms with Crippen LogP contribution < -0.4 is 10.6 Å². The SMILES string of the molecule is CCNCCNc1c([N+](=O)[O-])nc(C)n1C. The molecular weight excluding hydrogens is 210 g/mol. The Morgan fingerprint density at radius 2 is 2.19 bits per heavy atom. The number of hydrogen-bond donors (Lipinski definition) is 2. The number of nitrogens with one attached hydrogen (secondary N) is 2. The second kappa shape index (κ2) is 5.45. The van der Waals surface area contributed by atoms with Crippen molar-refractivity contribution in [2.45, 2.75) is 13.8 Å². The minimum absolute atomic E-state index is 0.114. The Morgan fingerprint density at radius 1 is 1.50 bits per heavy atom. The molecular formula is C9H17N5O2. The van der Waals surface area contributed by atoms with Gasteiger partial charge in [0.25, 0.3) is 0 Å². The molecule has 1 aromatic rings. The lowest BCUT2D eigenvalue weighted by Crippen LogP contribution is -2.22. The first-order valence-electron chi connectivity index (χ1n) is 5.20. The van der Waals surface area contributed by atoms with E-state index in [-0.39, 0.29) is 5.82 Å². The highest BCUT2D eigenvalue weighted by Gasteiger charge is 2.22. The first-order chi connectivity index (χ1) is 7.57. The van der Waals surface area contributed by atoms with Crippen LogP contribution in [0.1, 0.15) is 12.7 Å². The number of aryl methyl sites for hydroxylation is 1. The zero-order valence-corrected chi connectivity index (χ0v) is 9.78. The number of rotatable bonds is 6. The summed E-state index contributed by atoms with van der Waals surface area (Å²) in [6, 6.07) is 0. The van der Waals surface area contributed by atoms with Crippen LogP contribution in [0.15, 0.2) is 0 Å². The van der Waals surface area contributed by atoms with Gasteiger partial charge in [-0.15, -0.1) is 0 Å². The molecule has 0 saturated heterocycles. The molecule has 0 unspecified atom stereocenters. The van der Waals surface area contributed by atoms with Crippen LogP contribution in [0, 0.1) is 17.0 Å². The molecule has 7 nitrogen and oxygen atoms in total. The Hall–Kier alpha value is -1.63. The summed E-state index contributed by atoms with van der Waals surface area (Å²) in [5, 5.41) is 16.9. The third-order valence-corrected chi connectivity index (χ3v) is 2.32. The second-order valence-electron chi connectivity index (χ2n) is 3.43. The van der Waals surface area contributed by atoms with Crippen LogP contribution in [0.3, 0.4) is 0 Å². The quantitative estimate of drug-likeness (QED) is 0.423. The maximum atomic E-state index is 10.8. The fraction of sp³-hybridized carbons (Fsp3) is 0.667. The van der Waals surface area contributed by atoms with Crippen molar-refractivity contribution in [1.29, 1.82) is 0 Å². The van der Waals surface area contributed by atoms with E-state index >= 15 is 0 Å². The minimum Gasteiger partial charge on any atom is -0.363 e. The lowest BCUT2D eigenvalue weighted by molar-refractivity contribution is -0.388. The molecule has 0 aromatic carbocycles. The van der Waals surface area contributed by atoms with Crippen molar-refractivity contribution in [2.75, 3.05) is 25.0 Å². The van der Waals surface area contributed by atoms with Gasteiger partial charge < -0.3 is 20.7 Å². The van der Waals surface area contributed by atoms with Gasteiger partial charge in [0.2, 0.25) is 11.6 Å². The molecule has 0 aliphatic rings. The van der Waals surface area contributed by atoms with Crippen LogP contribution in [0.25, 0.3) is 0 Å². The number of likely N-dealkylation sites (N-methyl/N-ethyl adjacent to an activating group) is 1. The lowest BCUT2D eigenvalue weighted by atomic mass is 10.5. The normalized spacial score (nSPS) is 10.4. The Labute approximate surface area is 94.0 Å². The van der Waals surface area contributed by atoms with E-state index < -0.39 is 4.92 Å². The first kappa shape index (κ1) is 12.4. The van der Waals surface area contributed by atoms with Gasteiger partial charge in [0, 0.05) is 27.1 Å². The third-order valence-electron chi connectivity index (χ3n) is 2.32. The molecule has 0 aliphatic heterocycles. The zero-order chi connectivity index (χ0) is 12.1. The predicted octanol–water partition coefficient (Wildman–Crippen LogP) is 0.658. The van der Waals surface area contributed by atoms with Crippen molar-refractivity contribution in [3.8, 4) is 0 Å². The number of hydrogen-bond acceptors (Lipinski definition) is 5. The van der Waals surface area contributed by atoms with Gasteiger partial charge in [0.05, 0.1) is 0 Å². The number of nitro groups is 1. The maximum Gasteiger partial charge on any atom is 0.406 e. The van der Waals surface area contributed by atoms with Crippen molar-refractivity contribution in [1.82, 2.24) is 14.9 Å². The number of nitrogens with zero attached hydrogens (tertiary/aromatic N) is 3. The summed E-state index contributed by atoms with van der Waals surface area (Å²) in [7, 11) is 1.75. The summed E-state index contributed by atoms with van der Waals surface area (Å²) >= 11 is 0. The summed E-state index contributed by atoms with van der Waals surface area (Å²) in [6.45, 7) is 6.03. The van der Waals surface area contributed by atoms with Crippen molar-refractivity contribution in [3.63, 3.8) is 0 Å². The third kappa shape index (κ3) is 2.69. The highest BCUT2D eigenvalue weighted by atomic mass is 16.6. The Morgan fingerprint density at radius 3 is 2.75 bits per heavy atom. The zero-order valence-electron chi connectivity index (χ0n) is 9.78. The van der Waals surface area contributed by atoms with Gasteiger partial charge in [0.1, 0.15) is 0 Å². The smallest absolute Gasteiger partial charge is 0.363 e. The van der Waals surface area contributed by atoms with Gasteiger partial charge in [-0.25, -0.2) is 0 Å². The number of imidazole rings is 1. The van der Waals surface area contributed by atoms with Crippen molar-refractivity contribution in [2.24, 2.45) is 7.05 Å². The van der Waals surface area contributed by atoms with Gasteiger partial charge in [0.15, 0.2) is 0 Å². The largest absolute Gasteiger partial charge is 0.406 e. The molecule has 16 heavy (non-hydrogen) atoms. The molecule has 0 spiro atoms. The molecule has 0 bridgehead atoms. The first-order valence-corrected chi connectivity index (χ1v) is 5.20. The topological polar surface area (TPSA) is 85.0 Å². The van der Waals surface area contributed by atoms with Crippen LogP contribution in [0.5, 0.6) is 0 Å². The van der Waals surface area contributed by atoms with E-state index in [0.717, 1.165) is 13.1 Å². The van der Waals surface area contributed by atoms with Crippen LogP contribution in [-0.4, -0.2) is 34.1 Å². The van der Waals surface area contributed by atoms with E-state index in [9.17, 15) is 10.1 Å². The molecule has 0 saturated carbocycles. The van der Waals surface area contributed by atoms with Crippen molar-refractivity contribution in [3.05, 3.63) is 15.9 Å². The average molecular weight is 227 g/mol. The average Bonchev–Trinajstić information content (AvgIpc) is 2.52. The van der Waals surface area contributed by atoms with Gasteiger partial charge in [-0.3, -0.25) is 4.57 Å². The summed E-state index contributed by atoms with van der Waals surface area (Å²) in [6.07, 6.45) is 0. The summed E-state index contributed by atoms with van der Waals surface area (Å²) < 4.78 is 1.68. The van der Waals surface area contributed by atoms with E-state index in [1.807, 2.05) is 6.92 Å². The molecule has 90 valence electrons. The van der Waals surface area contributed by atoms with Gasteiger partial charge >= 0.3 is 5.82 Å². The highest BCUT2D eigenvalue weighted by molar-refractivity contribution is 5.53. The molecule has 0 fully saturated rings. The van der Waals surface area contributed by atoms with E-state index in [2.05, 4.69) is 15.6 Å². The van der Waals surface area contributed by atoms with Crippen LogP contribution in [-0.2, 0) is 7.05 Å². The Kier molecular flexibility index (Phi) is 4.24. The summed E-state index contributed by atoms with van der Waals surface area (Å²) in [5.41, 5.74) is 0. The van der Waals surface area contributed by atoms with E-state index in [0.29, 0.717) is 18.2 Å². The van der Waals surface area contributed by atoms with Crippen molar-refractivity contribution >= 4 is 11.6 Å². The van der Waals surface area contributed by atoms with Crippen molar-refractivity contribution < 1.29 is 4.92 Å². The predicted molar refractivity (Wildman–Crippen MR) is 61.6 cm³/mol. The Bertz CT molecular complexity index is 374. The molecule has 0 atom stereocenters. The molecule has 1 aromatic heterocycles. The number of anilines is 1. The summed E-state index contributed by atoms with van der Waals surface area (Å²) in [4.78, 5) is 14.2. The number of aromatic nitrogens is 2. The lowest BCUT2D eigenvalue weighted by Gasteiger charge is -2.06. The van der Waals surface area contributed by atoms with Crippen LogP contribution >= 0.6 is 0 Å². The Balaban J connectivity index is 2.73. The second-order valence-corrected chi connectivity index (χ2v) is 3.43. The fourth-order valence-corrected chi connectivity index (χ4v) is 1.36. The standard InChI is InChI=1S/C9H17N5O2/c1-4-10-5-6-11-8-9(14(15)16)12-7(2)13(8)3/h10-11H,4-6H2,1-3H3. The summed E-state index contributed by atoms with van der Waals surface area (Å²) in [5.74, 6) is 0.967. The van der Waals surface area contributed by atoms with Gasteiger partial charge in [-0.1, -0.05) is 6.92 Å². The van der Waals surface area contributed by atoms with E-state index in [1.165, 1.54) is 0 Å². The monoisotopic (exact) mass is 227 g/mol. The minimum atomic E-state index is -0.470. The molecule has 0 aliphatic carbocycles. The molecule has 0 radical (unpaired) electrons. The molecule has 0 amide bonds. The van der Waals surface area contributed by atoms with Crippen LogP contribution in [0.4, 0.5) is 11.6 Å². The highest BCUT2D eigenvalue weighted by Crippen LogP contribution is 2.23.